The van der Waals surface area contributed by atoms with Crippen molar-refractivity contribution in [2.24, 2.45) is 0 Å². The monoisotopic (exact) mass is 488 g/mol. The highest BCUT2D eigenvalue weighted by molar-refractivity contribution is 9.10. The van der Waals surface area contributed by atoms with Crippen LogP contribution in [0.4, 0.5) is 5.69 Å². The lowest BCUT2D eigenvalue weighted by Gasteiger charge is -2.19. The molecule has 30 heavy (non-hydrogen) atoms. The fourth-order valence-electron chi connectivity index (χ4n) is 3.10. The molecule has 1 fully saturated rings. The molecule has 2 aromatic rings. The number of benzene rings is 2. The molecule has 3 rings (SSSR count). The number of hydrogen-bond acceptors (Lipinski definition) is 5. The van der Waals surface area contributed by atoms with Crippen LogP contribution in [-0.2, 0) is 20.7 Å². The quantitative estimate of drug-likeness (QED) is 0.345. The Morgan fingerprint density at radius 1 is 1.17 bits per heavy atom. The number of rotatable bonds is 6. The Labute approximate surface area is 189 Å². The Balaban J connectivity index is 2.08. The van der Waals surface area contributed by atoms with Crippen molar-refractivity contribution in [1.29, 1.82) is 0 Å². The average Bonchev–Trinajstić information content (AvgIpc) is 2.97. The lowest BCUT2D eigenvalue weighted by molar-refractivity contribution is -0.140. The summed E-state index contributed by atoms with van der Waals surface area (Å²) >= 11 is 9.01. The summed E-state index contributed by atoms with van der Waals surface area (Å²) < 4.78 is 11.0. The minimum absolute atomic E-state index is 0.174. The summed E-state index contributed by atoms with van der Waals surface area (Å²) in [6, 6.07) is 13.1. The van der Waals surface area contributed by atoms with E-state index in [9.17, 15) is 9.59 Å². The molecule has 0 saturated carbocycles. The molecular formula is C22H21BrN2O4S. The van der Waals surface area contributed by atoms with Crippen LogP contribution in [0.3, 0.4) is 0 Å². The standard InChI is InChI=1S/C22H21BrN2O4S/c1-4-14-5-8-17(9-6-14)25-21(27)18(24(22(25)30)13-20(26)29-3)12-15-11-16(23)7-10-19(15)28-2/h5-12H,4,13H2,1-3H3/b18-12-. The maximum absolute atomic E-state index is 13.4. The summed E-state index contributed by atoms with van der Waals surface area (Å²) in [6.07, 6.45) is 2.56. The van der Waals surface area contributed by atoms with Crippen molar-refractivity contribution in [2.45, 2.75) is 13.3 Å². The van der Waals surface area contributed by atoms with E-state index < -0.39 is 5.97 Å². The zero-order chi connectivity index (χ0) is 21.8. The van der Waals surface area contributed by atoms with Crippen LogP contribution in [0.2, 0.25) is 0 Å². The first kappa shape index (κ1) is 22.0. The molecular weight excluding hydrogens is 468 g/mol. The second-order valence-electron chi connectivity index (χ2n) is 6.52. The molecule has 0 atom stereocenters. The minimum Gasteiger partial charge on any atom is -0.496 e. The number of nitrogens with zero attached hydrogens (tertiary/aromatic N) is 2. The second kappa shape index (κ2) is 9.40. The van der Waals surface area contributed by atoms with Crippen molar-refractivity contribution in [3.05, 3.63) is 63.8 Å². The fourth-order valence-corrected chi connectivity index (χ4v) is 3.83. The van der Waals surface area contributed by atoms with Gasteiger partial charge in [-0.2, -0.15) is 0 Å². The van der Waals surface area contributed by atoms with E-state index in [1.165, 1.54) is 16.9 Å². The second-order valence-corrected chi connectivity index (χ2v) is 7.80. The van der Waals surface area contributed by atoms with Crippen molar-refractivity contribution < 1.29 is 19.1 Å². The molecule has 156 valence electrons. The van der Waals surface area contributed by atoms with Gasteiger partial charge in [0.15, 0.2) is 5.11 Å². The van der Waals surface area contributed by atoms with Gasteiger partial charge in [-0.3, -0.25) is 14.5 Å². The molecule has 1 heterocycles. The molecule has 0 aromatic heterocycles. The van der Waals surface area contributed by atoms with E-state index in [0.717, 1.165) is 16.5 Å². The largest absolute Gasteiger partial charge is 0.496 e. The van der Waals surface area contributed by atoms with Gasteiger partial charge in [0, 0.05) is 10.0 Å². The Morgan fingerprint density at radius 2 is 1.87 bits per heavy atom. The highest BCUT2D eigenvalue weighted by Crippen LogP contribution is 2.32. The molecule has 6 nitrogen and oxygen atoms in total. The molecule has 0 bridgehead atoms. The third-order valence-corrected chi connectivity index (χ3v) is 5.63. The number of esters is 1. The van der Waals surface area contributed by atoms with Crippen LogP contribution in [0.5, 0.6) is 5.75 Å². The van der Waals surface area contributed by atoms with Crippen LogP contribution in [0.25, 0.3) is 6.08 Å². The molecule has 0 spiro atoms. The van der Waals surface area contributed by atoms with E-state index in [2.05, 4.69) is 22.9 Å². The van der Waals surface area contributed by atoms with E-state index in [-0.39, 0.29) is 23.3 Å². The summed E-state index contributed by atoms with van der Waals surface area (Å²) in [4.78, 5) is 28.3. The SMILES string of the molecule is CCc1ccc(N2C(=O)/C(=C/c3cc(Br)ccc3OC)N(CC(=O)OC)C2=S)cc1. The molecule has 1 aliphatic heterocycles. The number of halogens is 1. The third kappa shape index (κ3) is 4.39. The molecule has 8 heteroatoms. The van der Waals surface area contributed by atoms with Gasteiger partial charge in [-0.25, -0.2) is 0 Å². The van der Waals surface area contributed by atoms with E-state index in [0.29, 0.717) is 17.0 Å². The average molecular weight is 489 g/mol. The summed E-state index contributed by atoms with van der Waals surface area (Å²) in [5.74, 6) is -0.233. The maximum atomic E-state index is 13.4. The fraction of sp³-hybridized carbons (Fsp3) is 0.227. The zero-order valence-electron chi connectivity index (χ0n) is 16.8. The van der Waals surface area contributed by atoms with Gasteiger partial charge in [0.25, 0.3) is 5.91 Å². The predicted octanol–water partition coefficient (Wildman–Crippen LogP) is 4.17. The highest BCUT2D eigenvalue weighted by Gasteiger charge is 2.40. The van der Waals surface area contributed by atoms with Crippen molar-refractivity contribution in [1.82, 2.24) is 4.90 Å². The number of carbonyl (C=O) groups excluding carboxylic acids is 2. The summed E-state index contributed by atoms with van der Waals surface area (Å²) in [7, 11) is 2.85. The molecule has 0 aliphatic carbocycles. The smallest absolute Gasteiger partial charge is 0.325 e. The maximum Gasteiger partial charge on any atom is 0.325 e. The molecule has 2 aromatic carbocycles. The van der Waals surface area contributed by atoms with Gasteiger partial charge in [0.2, 0.25) is 0 Å². The lowest BCUT2D eigenvalue weighted by Crippen LogP contribution is -2.35. The predicted molar refractivity (Wildman–Crippen MR) is 123 cm³/mol. The number of methoxy groups -OCH3 is 2. The number of amides is 1. The zero-order valence-corrected chi connectivity index (χ0v) is 19.2. The van der Waals surface area contributed by atoms with Crippen LogP contribution in [0.1, 0.15) is 18.1 Å². The van der Waals surface area contributed by atoms with E-state index in [4.69, 9.17) is 21.7 Å². The summed E-state index contributed by atoms with van der Waals surface area (Å²) in [5, 5.41) is 0.217. The van der Waals surface area contributed by atoms with Crippen LogP contribution < -0.4 is 9.64 Å². The third-order valence-electron chi connectivity index (χ3n) is 4.74. The van der Waals surface area contributed by atoms with Crippen LogP contribution in [0.15, 0.2) is 52.6 Å². The summed E-state index contributed by atoms with van der Waals surface area (Å²) in [6.45, 7) is 1.89. The Bertz CT molecular complexity index is 1020. The van der Waals surface area contributed by atoms with E-state index >= 15 is 0 Å². The van der Waals surface area contributed by atoms with Gasteiger partial charge in [0.1, 0.15) is 18.0 Å². The molecule has 1 amide bonds. The van der Waals surface area contributed by atoms with E-state index in [1.54, 1.807) is 19.3 Å². The first-order valence-electron chi connectivity index (χ1n) is 9.26. The Hall–Kier alpha value is -2.71. The van der Waals surface area contributed by atoms with E-state index in [1.807, 2.05) is 36.4 Å². The van der Waals surface area contributed by atoms with Crippen molar-refractivity contribution >= 4 is 56.9 Å². The van der Waals surface area contributed by atoms with Crippen molar-refractivity contribution in [2.75, 3.05) is 25.7 Å². The first-order valence-corrected chi connectivity index (χ1v) is 10.5. The molecule has 0 unspecified atom stereocenters. The number of aryl methyl sites for hydroxylation is 1. The number of carbonyl (C=O) groups is 2. The molecule has 0 radical (unpaired) electrons. The Morgan fingerprint density at radius 3 is 2.47 bits per heavy atom. The normalized spacial score (nSPS) is 15.1. The Kier molecular flexibility index (Phi) is 6.89. The van der Waals surface area contributed by atoms with Crippen molar-refractivity contribution in [3.8, 4) is 5.75 Å². The summed E-state index contributed by atoms with van der Waals surface area (Å²) in [5.41, 5.74) is 2.73. The van der Waals surface area contributed by atoms with Gasteiger partial charge in [-0.15, -0.1) is 0 Å². The van der Waals surface area contributed by atoms with Crippen LogP contribution in [-0.4, -0.2) is 42.7 Å². The van der Waals surface area contributed by atoms with Gasteiger partial charge >= 0.3 is 5.97 Å². The molecule has 0 N–H and O–H groups in total. The number of thiocarbonyl (C=S) groups is 1. The highest BCUT2D eigenvalue weighted by atomic mass is 79.9. The number of anilines is 1. The minimum atomic E-state index is -0.500. The van der Waals surface area contributed by atoms with Gasteiger partial charge in [-0.05, 0) is 60.6 Å². The first-order chi connectivity index (χ1) is 14.4. The number of ether oxygens (including phenoxy) is 2. The molecule has 1 saturated heterocycles. The van der Waals surface area contributed by atoms with Crippen molar-refractivity contribution in [3.63, 3.8) is 0 Å². The van der Waals surface area contributed by atoms with Gasteiger partial charge < -0.3 is 14.4 Å². The molecule has 1 aliphatic rings. The van der Waals surface area contributed by atoms with Crippen LogP contribution in [0, 0.1) is 0 Å². The van der Waals surface area contributed by atoms with Crippen LogP contribution >= 0.6 is 28.1 Å². The van der Waals surface area contributed by atoms with Gasteiger partial charge in [-0.1, -0.05) is 35.0 Å². The topological polar surface area (TPSA) is 59.1 Å². The lowest BCUT2D eigenvalue weighted by atomic mass is 10.1. The van der Waals surface area contributed by atoms with Gasteiger partial charge in [0.05, 0.1) is 19.9 Å². The number of hydrogen-bond donors (Lipinski definition) is 0.